The quantitative estimate of drug-likeness (QED) is 0.361. The number of amides is 2. The third-order valence-corrected chi connectivity index (χ3v) is 5.48. The van der Waals surface area contributed by atoms with Crippen molar-refractivity contribution >= 4 is 17.8 Å². The molecule has 3 rings (SSSR count). The van der Waals surface area contributed by atoms with Gasteiger partial charge in [-0.25, -0.2) is 4.79 Å². The fraction of sp³-hybridized carbons (Fsp3) is 0.391. The van der Waals surface area contributed by atoms with E-state index in [2.05, 4.69) is 41.4 Å². The molecule has 182 valence electrons. The van der Waals surface area contributed by atoms with Crippen LogP contribution in [-0.2, 0) is 20.9 Å². The number of rotatable bonds is 11. The number of nitrogens with zero attached hydrogens (tertiary/aromatic N) is 5. The predicted octanol–water partition coefficient (Wildman–Crippen LogP) is 1.12. The molecule has 2 aromatic heterocycles. The fourth-order valence-corrected chi connectivity index (χ4v) is 3.45. The molecule has 12 heteroatoms. The van der Waals surface area contributed by atoms with Crippen LogP contribution in [0.15, 0.2) is 45.5 Å². The van der Waals surface area contributed by atoms with Crippen LogP contribution in [0.25, 0.3) is 0 Å². The van der Waals surface area contributed by atoms with Crippen molar-refractivity contribution in [3.8, 4) is 12.3 Å². The summed E-state index contributed by atoms with van der Waals surface area (Å²) >= 11 is 0. The zero-order valence-corrected chi connectivity index (χ0v) is 19.4. The molecule has 0 saturated carbocycles. The number of terminal acetylenes is 1. The minimum absolute atomic E-state index is 0.000224. The van der Waals surface area contributed by atoms with E-state index in [0.29, 0.717) is 24.8 Å². The number of ether oxygens (including phenoxy) is 1. The number of H-pyrrole nitrogens is 1. The first-order valence-corrected chi connectivity index (χ1v) is 10.8. The molecule has 0 spiro atoms. The maximum atomic E-state index is 13.4. The monoisotopic (exact) mass is 479 g/mol. The third-order valence-electron chi connectivity index (χ3n) is 5.48. The zero-order valence-electron chi connectivity index (χ0n) is 19.4. The summed E-state index contributed by atoms with van der Waals surface area (Å²) in [7, 11) is 2.65. The van der Waals surface area contributed by atoms with Crippen LogP contribution < -0.4 is 10.9 Å². The molecule has 12 nitrogen and oxygen atoms in total. The second-order valence-corrected chi connectivity index (χ2v) is 7.82. The number of hydrogen-bond donors (Lipinski definition) is 2. The molecule has 1 aliphatic heterocycles. The topological polar surface area (TPSA) is 159 Å². The minimum Gasteiger partial charge on any atom is -0.464 e. The van der Waals surface area contributed by atoms with Crippen molar-refractivity contribution in [1.29, 1.82) is 0 Å². The molecule has 2 aromatic rings. The van der Waals surface area contributed by atoms with E-state index >= 15 is 0 Å². The maximum Gasteiger partial charge on any atom is 0.358 e. The molecule has 35 heavy (non-hydrogen) atoms. The lowest BCUT2D eigenvalue weighted by atomic mass is 10.0. The van der Waals surface area contributed by atoms with Gasteiger partial charge in [-0.3, -0.25) is 14.4 Å². The number of hydrogen-bond acceptors (Lipinski definition) is 9. The number of esters is 1. The average molecular weight is 479 g/mol. The Bertz CT molecular complexity index is 1190. The SMILES string of the molecule is C#CCCC1(CCC(=O)N(Cc2ccc(=O)[nH]c2)C(C(=O)NC)c2ccc(C(=O)OC)nn2)N=N1. The molecular weight excluding hydrogens is 454 g/mol. The first-order chi connectivity index (χ1) is 16.8. The van der Waals surface area contributed by atoms with E-state index in [1.807, 2.05) is 0 Å². The largest absolute Gasteiger partial charge is 0.464 e. The van der Waals surface area contributed by atoms with Gasteiger partial charge in [0.2, 0.25) is 17.4 Å². The molecule has 1 atom stereocenters. The highest BCUT2D eigenvalue weighted by Crippen LogP contribution is 2.38. The first-order valence-electron chi connectivity index (χ1n) is 10.8. The standard InChI is InChI=1S/C23H25N7O5/c1-4-5-11-23(28-29-23)12-10-19(32)30(14-15-6-9-18(31)25-13-15)20(21(33)24-2)16-7-8-17(27-26-16)22(34)35-3/h1,6-9,13,20H,5,10-12,14H2,2-3H3,(H,24,33)(H,25,31). The summed E-state index contributed by atoms with van der Waals surface area (Å²) in [5.41, 5.74) is -0.272. The van der Waals surface area contributed by atoms with Gasteiger partial charge < -0.3 is 19.9 Å². The van der Waals surface area contributed by atoms with Gasteiger partial charge in [-0.15, -0.1) is 17.4 Å². The van der Waals surface area contributed by atoms with E-state index in [-0.39, 0.29) is 35.8 Å². The molecule has 0 radical (unpaired) electrons. The summed E-state index contributed by atoms with van der Waals surface area (Å²) in [5, 5.41) is 18.5. The van der Waals surface area contributed by atoms with Crippen LogP contribution in [-0.4, -0.2) is 57.7 Å². The predicted molar refractivity (Wildman–Crippen MR) is 123 cm³/mol. The van der Waals surface area contributed by atoms with Gasteiger partial charge >= 0.3 is 5.97 Å². The number of aromatic amines is 1. The van der Waals surface area contributed by atoms with Crippen LogP contribution in [0.1, 0.15) is 53.5 Å². The molecule has 3 heterocycles. The van der Waals surface area contributed by atoms with Crippen molar-refractivity contribution in [2.75, 3.05) is 14.2 Å². The maximum absolute atomic E-state index is 13.4. The summed E-state index contributed by atoms with van der Waals surface area (Å²) in [5.74, 6) is 0.992. The Hall–Kier alpha value is -4.40. The number of nitrogens with one attached hydrogen (secondary N) is 2. The van der Waals surface area contributed by atoms with Gasteiger partial charge in [0.25, 0.3) is 0 Å². The smallest absolute Gasteiger partial charge is 0.358 e. The molecular formula is C23H25N7O5. The summed E-state index contributed by atoms with van der Waals surface area (Å²) in [6.45, 7) is -0.000224. The molecule has 0 fully saturated rings. The van der Waals surface area contributed by atoms with Gasteiger partial charge in [-0.05, 0) is 17.7 Å². The minimum atomic E-state index is -1.16. The molecule has 0 aliphatic carbocycles. The number of likely N-dealkylation sites (N-methyl/N-ethyl adjacent to an activating group) is 1. The van der Waals surface area contributed by atoms with Crippen molar-refractivity contribution in [3.05, 3.63) is 57.8 Å². The summed E-state index contributed by atoms with van der Waals surface area (Å²) in [6, 6.07) is 4.53. The van der Waals surface area contributed by atoms with Gasteiger partial charge in [-0.2, -0.15) is 15.3 Å². The number of carbonyl (C=O) groups is 3. The molecule has 2 N–H and O–H groups in total. The number of aromatic nitrogens is 3. The highest BCUT2D eigenvalue weighted by atomic mass is 16.5. The Labute approximate surface area is 201 Å². The molecule has 0 saturated heterocycles. The fourth-order valence-electron chi connectivity index (χ4n) is 3.45. The first kappa shape index (κ1) is 25.2. The van der Waals surface area contributed by atoms with E-state index in [0.717, 1.165) is 0 Å². The number of carbonyl (C=O) groups excluding carboxylic acids is 3. The van der Waals surface area contributed by atoms with Crippen molar-refractivity contribution < 1.29 is 19.1 Å². The molecule has 1 aliphatic rings. The van der Waals surface area contributed by atoms with Gasteiger partial charge in [-0.1, -0.05) is 6.07 Å². The third kappa shape index (κ3) is 6.35. The van der Waals surface area contributed by atoms with Crippen LogP contribution in [0.2, 0.25) is 0 Å². The lowest BCUT2D eigenvalue weighted by molar-refractivity contribution is -0.141. The second-order valence-electron chi connectivity index (χ2n) is 7.82. The Balaban J connectivity index is 1.91. The van der Waals surface area contributed by atoms with E-state index < -0.39 is 23.6 Å². The van der Waals surface area contributed by atoms with Gasteiger partial charge in [0, 0.05) is 51.5 Å². The highest BCUT2D eigenvalue weighted by molar-refractivity contribution is 5.89. The lowest BCUT2D eigenvalue weighted by Crippen LogP contribution is -2.43. The summed E-state index contributed by atoms with van der Waals surface area (Å²) < 4.78 is 4.63. The summed E-state index contributed by atoms with van der Waals surface area (Å²) in [4.78, 5) is 53.5. The van der Waals surface area contributed by atoms with Crippen molar-refractivity contribution in [1.82, 2.24) is 25.4 Å². The zero-order chi connectivity index (χ0) is 25.4. The van der Waals surface area contributed by atoms with E-state index in [1.54, 1.807) is 6.07 Å². The lowest BCUT2D eigenvalue weighted by Gasteiger charge is -2.30. The van der Waals surface area contributed by atoms with Crippen molar-refractivity contribution in [2.45, 2.75) is 43.9 Å². The Kier molecular flexibility index (Phi) is 8.04. The van der Waals surface area contributed by atoms with Gasteiger partial charge in [0.05, 0.1) is 12.8 Å². The Morgan fingerprint density at radius 2 is 1.97 bits per heavy atom. The average Bonchev–Trinajstić information content (AvgIpc) is 3.66. The highest BCUT2D eigenvalue weighted by Gasteiger charge is 2.41. The van der Waals surface area contributed by atoms with Crippen molar-refractivity contribution in [2.24, 2.45) is 10.2 Å². The van der Waals surface area contributed by atoms with Crippen LogP contribution in [0.5, 0.6) is 0 Å². The summed E-state index contributed by atoms with van der Waals surface area (Å²) in [6.07, 6.45) is 8.20. The molecule has 1 unspecified atom stereocenters. The van der Waals surface area contributed by atoms with E-state index in [9.17, 15) is 19.2 Å². The number of pyridine rings is 1. The van der Waals surface area contributed by atoms with E-state index in [1.165, 1.54) is 43.5 Å². The van der Waals surface area contributed by atoms with Crippen molar-refractivity contribution in [3.63, 3.8) is 0 Å². The molecule has 0 aromatic carbocycles. The molecule has 0 bridgehead atoms. The van der Waals surface area contributed by atoms with Crippen LogP contribution >= 0.6 is 0 Å². The van der Waals surface area contributed by atoms with Gasteiger partial charge in [0.15, 0.2) is 17.4 Å². The molecule has 2 amide bonds. The normalized spacial score (nSPS) is 13.9. The van der Waals surface area contributed by atoms with Crippen LogP contribution in [0.3, 0.4) is 0 Å². The Morgan fingerprint density at radius 1 is 1.20 bits per heavy atom. The van der Waals surface area contributed by atoms with Crippen LogP contribution in [0.4, 0.5) is 0 Å². The second kappa shape index (κ2) is 11.1. The van der Waals surface area contributed by atoms with Gasteiger partial charge in [0.1, 0.15) is 0 Å². The Morgan fingerprint density at radius 3 is 2.51 bits per heavy atom. The van der Waals surface area contributed by atoms with E-state index in [4.69, 9.17) is 6.42 Å². The number of methoxy groups -OCH3 is 1. The van der Waals surface area contributed by atoms with Crippen LogP contribution in [0, 0.1) is 12.3 Å².